The second-order valence-corrected chi connectivity index (χ2v) is 5.30. The number of nitrogens with two attached hydrogens (primary N) is 1. The predicted molar refractivity (Wildman–Crippen MR) is 84.5 cm³/mol. The number of halogens is 2. The molecule has 4 nitrogen and oxygen atoms in total. The molecule has 0 unspecified atom stereocenters. The highest BCUT2D eigenvalue weighted by atomic mass is 79.9. The Bertz CT molecular complexity index is 662. The van der Waals surface area contributed by atoms with Crippen molar-refractivity contribution in [3.05, 3.63) is 51.5 Å². The molecule has 0 aliphatic carbocycles. The van der Waals surface area contributed by atoms with Crippen molar-refractivity contribution < 1.29 is 9.53 Å². The molecule has 0 atom stereocenters. The third kappa shape index (κ3) is 3.23. The first-order chi connectivity index (χ1) is 9.51. The molecule has 2 aromatic rings. The molecule has 0 aliphatic rings. The molecule has 6 heteroatoms. The van der Waals surface area contributed by atoms with Gasteiger partial charge in [0.2, 0.25) is 0 Å². The fourth-order valence-corrected chi connectivity index (χ4v) is 2.22. The summed E-state index contributed by atoms with van der Waals surface area (Å²) in [6.07, 6.45) is 0. The summed E-state index contributed by atoms with van der Waals surface area (Å²) in [6, 6.07) is 10.1. The Morgan fingerprint density at radius 3 is 2.70 bits per heavy atom. The molecule has 0 fully saturated rings. The molecular weight excluding hydrogens is 344 g/mol. The van der Waals surface area contributed by atoms with Crippen LogP contribution >= 0.6 is 27.5 Å². The average Bonchev–Trinajstić information content (AvgIpc) is 2.43. The Hall–Kier alpha value is -1.72. The quantitative estimate of drug-likeness (QED) is 0.820. The van der Waals surface area contributed by atoms with Crippen molar-refractivity contribution in [3.8, 4) is 5.75 Å². The zero-order valence-electron chi connectivity index (χ0n) is 10.6. The number of anilines is 2. The standard InChI is InChI=1S/C14H12BrClN2O2/c1-20-9-3-4-11(15)10(7-9)14(19)18-8-2-5-13(17)12(16)6-8/h2-7H,17H2,1H3,(H,18,19). The summed E-state index contributed by atoms with van der Waals surface area (Å²) in [5, 5.41) is 3.15. The van der Waals surface area contributed by atoms with Gasteiger partial charge in [0.25, 0.3) is 5.91 Å². The van der Waals surface area contributed by atoms with Gasteiger partial charge in [0, 0.05) is 10.2 Å². The van der Waals surface area contributed by atoms with Gasteiger partial charge in [0.1, 0.15) is 5.75 Å². The number of benzene rings is 2. The van der Waals surface area contributed by atoms with E-state index in [1.165, 1.54) is 0 Å². The monoisotopic (exact) mass is 354 g/mol. The third-order valence-electron chi connectivity index (χ3n) is 2.68. The summed E-state index contributed by atoms with van der Waals surface area (Å²) in [5.41, 5.74) is 7.13. The lowest BCUT2D eigenvalue weighted by Gasteiger charge is -2.09. The third-order valence-corrected chi connectivity index (χ3v) is 3.70. The van der Waals surface area contributed by atoms with E-state index in [0.29, 0.717) is 32.2 Å². The minimum Gasteiger partial charge on any atom is -0.497 e. The first-order valence-corrected chi connectivity index (χ1v) is 6.88. The number of rotatable bonds is 3. The Morgan fingerprint density at radius 1 is 1.30 bits per heavy atom. The lowest BCUT2D eigenvalue weighted by atomic mass is 10.2. The Kier molecular flexibility index (Phi) is 4.52. The Balaban J connectivity index is 2.25. The molecule has 2 aromatic carbocycles. The van der Waals surface area contributed by atoms with Gasteiger partial charge in [0.15, 0.2) is 0 Å². The molecule has 0 spiro atoms. The van der Waals surface area contributed by atoms with Gasteiger partial charge in [-0.1, -0.05) is 11.6 Å². The molecule has 0 bridgehead atoms. The summed E-state index contributed by atoms with van der Waals surface area (Å²) in [6.45, 7) is 0. The van der Waals surface area contributed by atoms with Gasteiger partial charge in [0.05, 0.1) is 23.4 Å². The van der Waals surface area contributed by atoms with Crippen LogP contribution in [-0.4, -0.2) is 13.0 Å². The molecular formula is C14H12BrClN2O2. The summed E-state index contributed by atoms with van der Waals surface area (Å²) >= 11 is 9.25. The summed E-state index contributed by atoms with van der Waals surface area (Å²) in [7, 11) is 1.55. The highest BCUT2D eigenvalue weighted by Gasteiger charge is 2.12. The summed E-state index contributed by atoms with van der Waals surface area (Å²) in [4.78, 5) is 12.2. The van der Waals surface area contributed by atoms with Gasteiger partial charge in [-0.05, 0) is 52.3 Å². The van der Waals surface area contributed by atoms with Crippen molar-refractivity contribution in [3.63, 3.8) is 0 Å². The van der Waals surface area contributed by atoms with Crippen molar-refractivity contribution in [2.75, 3.05) is 18.2 Å². The van der Waals surface area contributed by atoms with E-state index in [1.54, 1.807) is 43.5 Å². The first kappa shape index (κ1) is 14.7. The normalized spacial score (nSPS) is 10.2. The number of ether oxygens (including phenoxy) is 1. The van der Waals surface area contributed by atoms with Crippen LogP contribution in [0.5, 0.6) is 5.75 Å². The van der Waals surface area contributed by atoms with Gasteiger partial charge in [-0.2, -0.15) is 0 Å². The Morgan fingerprint density at radius 2 is 2.05 bits per heavy atom. The number of hydrogen-bond acceptors (Lipinski definition) is 3. The number of carbonyl (C=O) groups excluding carboxylic acids is 1. The number of carbonyl (C=O) groups is 1. The highest BCUT2D eigenvalue weighted by Crippen LogP contribution is 2.26. The average molecular weight is 356 g/mol. The molecule has 2 rings (SSSR count). The zero-order valence-corrected chi connectivity index (χ0v) is 13.0. The smallest absolute Gasteiger partial charge is 0.256 e. The maximum Gasteiger partial charge on any atom is 0.256 e. The SMILES string of the molecule is COc1ccc(Br)c(C(=O)Nc2ccc(N)c(Cl)c2)c1. The molecule has 0 aliphatic heterocycles. The maximum absolute atomic E-state index is 12.2. The first-order valence-electron chi connectivity index (χ1n) is 5.71. The highest BCUT2D eigenvalue weighted by molar-refractivity contribution is 9.10. The molecule has 0 aromatic heterocycles. The van der Waals surface area contributed by atoms with E-state index >= 15 is 0 Å². The van der Waals surface area contributed by atoms with Crippen LogP contribution in [0, 0.1) is 0 Å². The van der Waals surface area contributed by atoms with E-state index in [2.05, 4.69) is 21.2 Å². The molecule has 1 amide bonds. The van der Waals surface area contributed by atoms with E-state index in [1.807, 2.05) is 0 Å². The van der Waals surface area contributed by atoms with Crippen LogP contribution in [0.3, 0.4) is 0 Å². The van der Waals surface area contributed by atoms with Crippen molar-refractivity contribution in [1.82, 2.24) is 0 Å². The van der Waals surface area contributed by atoms with Crippen LogP contribution in [0.15, 0.2) is 40.9 Å². The van der Waals surface area contributed by atoms with E-state index in [-0.39, 0.29) is 5.91 Å². The molecule has 104 valence electrons. The minimum absolute atomic E-state index is 0.267. The second kappa shape index (κ2) is 6.15. The molecule has 0 radical (unpaired) electrons. The lowest BCUT2D eigenvalue weighted by Crippen LogP contribution is -2.12. The van der Waals surface area contributed by atoms with Crippen LogP contribution in [0.2, 0.25) is 5.02 Å². The molecule has 20 heavy (non-hydrogen) atoms. The zero-order chi connectivity index (χ0) is 14.7. The molecule has 0 heterocycles. The van der Waals surface area contributed by atoms with Gasteiger partial charge < -0.3 is 15.8 Å². The van der Waals surface area contributed by atoms with Crippen molar-refractivity contribution >= 4 is 44.8 Å². The minimum atomic E-state index is -0.267. The van der Waals surface area contributed by atoms with Crippen LogP contribution < -0.4 is 15.8 Å². The fourth-order valence-electron chi connectivity index (χ4n) is 1.61. The summed E-state index contributed by atoms with van der Waals surface area (Å²) in [5.74, 6) is 0.338. The fraction of sp³-hybridized carbons (Fsp3) is 0.0714. The molecule has 0 saturated carbocycles. The van der Waals surface area contributed by atoms with Crippen LogP contribution in [0.25, 0.3) is 0 Å². The largest absolute Gasteiger partial charge is 0.497 e. The van der Waals surface area contributed by atoms with E-state index in [0.717, 1.165) is 0 Å². The van der Waals surface area contributed by atoms with Crippen LogP contribution in [-0.2, 0) is 0 Å². The molecule has 0 saturated heterocycles. The topological polar surface area (TPSA) is 64.3 Å². The number of amides is 1. The number of nitrogens with one attached hydrogen (secondary N) is 1. The van der Waals surface area contributed by atoms with Crippen molar-refractivity contribution in [2.24, 2.45) is 0 Å². The van der Waals surface area contributed by atoms with Crippen LogP contribution in [0.1, 0.15) is 10.4 Å². The van der Waals surface area contributed by atoms with E-state index in [9.17, 15) is 4.79 Å². The van der Waals surface area contributed by atoms with Gasteiger partial charge in [-0.3, -0.25) is 4.79 Å². The van der Waals surface area contributed by atoms with E-state index < -0.39 is 0 Å². The number of hydrogen-bond donors (Lipinski definition) is 2. The number of nitrogen functional groups attached to an aromatic ring is 1. The van der Waals surface area contributed by atoms with Crippen molar-refractivity contribution in [2.45, 2.75) is 0 Å². The maximum atomic E-state index is 12.2. The lowest BCUT2D eigenvalue weighted by molar-refractivity contribution is 0.102. The van der Waals surface area contributed by atoms with Gasteiger partial charge >= 0.3 is 0 Å². The predicted octanol–water partition coefficient (Wildman–Crippen LogP) is 3.95. The van der Waals surface area contributed by atoms with Gasteiger partial charge in [-0.25, -0.2) is 0 Å². The Labute approximate surface area is 130 Å². The summed E-state index contributed by atoms with van der Waals surface area (Å²) < 4.78 is 5.78. The molecule has 3 N–H and O–H groups in total. The van der Waals surface area contributed by atoms with E-state index in [4.69, 9.17) is 22.1 Å². The van der Waals surface area contributed by atoms with Crippen LogP contribution in [0.4, 0.5) is 11.4 Å². The van der Waals surface area contributed by atoms with Gasteiger partial charge in [-0.15, -0.1) is 0 Å². The second-order valence-electron chi connectivity index (χ2n) is 4.04. The van der Waals surface area contributed by atoms with Crippen molar-refractivity contribution in [1.29, 1.82) is 0 Å². The number of methoxy groups -OCH3 is 1.